The summed E-state index contributed by atoms with van der Waals surface area (Å²) in [7, 11) is 0. The van der Waals surface area contributed by atoms with Gasteiger partial charge in [0, 0.05) is 0 Å². The van der Waals surface area contributed by atoms with Gasteiger partial charge < -0.3 is 0 Å². The van der Waals surface area contributed by atoms with Crippen LogP contribution in [-0.4, -0.2) is 26.2 Å². The lowest BCUT2D eigenvalue weighted by Crippen LogP contribution is -2.23. The topological polar surface area (TPSA) is 52.6 Å². The first-order valence-corrected chi connectivity index (χ1v) is 4.94. The van der Waals surface area contributed by atoms with Gasteiger partial charge in [0.2, 0.25) is 0 Å². The molecule has 0 rings (SSSR count). The van der Waals surface area contributed by atoms with E-state index in [2.05, 4.69) is 8.37 Å². The lowest BCUT2D eigenvalue weighted by molar-refractivity contribution is -0.0580. The van der Waals surface area contributed by atoms with Crippen molar-refractivity contribution in [2.45, 2.75) is 11.0 Å². The Hall–Kier alpha value is -0.200. The fourth-order valence-electron chi connectivity index (χ4n) is 0.241. The molecule has 15 heavy (non-hydrogen) atoms. The molecule has 0 aromatic rings. The molecule has 0 saturated heterocycles. The van der Waals surface area contributed by atoms with E-state index in [0.717, 1.165) is 0 Å². The zero-order chi connectivity index (χ0) is 12.3. The van der Waals surface area contributed by atoms with Crippen LogP contribution in [0.25, 0.3) is 0 Å². The van der Waals surface area contributed by atoms with Crippen molar-refractivity contribution in [3.05, 3.63) is 0 Å². The predicted octanol–water partition coefficient (Wildman–Crippen LogP) is 1.34. The average Bonchev–Trinajstić information content (AvgIpc) is 2.00. The molecule has 0 radical (unpaired) electrons. The molecule has 0 bridgehead atoms. The van der Waals surface area contributed by atoms with Crippen LogP contribution in [0.2, 0.25) is 0 Å². The maximum absolute atomic E-state index is 11.4. The highest BCUT2D eigenvalue weighted by Gasteiger charge is 2.41. The standard InChI is InChI=1S/C3H2F6O4S2/c4-2(5,6)14(10)12-1-13-15(11)3(7,8)9/h1H2. The second-order valence-corrected chi connectivity index (χ2v) is 4.05. The molecule has 0 heterocycles. The monoisotopic (exact) mass is 280 g/mol. The molecule has 2 atom stereocenters. The first kappa shape index (κ1) is 14.8. The van der Waals surface area contributed by atoms with Crippen LogP contribution in [-0.2, 0) is 30.5 Å². The van der Waals surface area contributed by atoms with Crippen LogP contribution in [0.5, 0.6) is 0 Å². The van der Waals surface area contributed by atoms with Crippen molar-refractivity contribution in [2.75, 3.05) is 6.79 Å². The van der Waals surface area contributed by atoms with Crippen LogP contribution in [0.15, 0.2) is 0 Å². The van der Waals surface area contributed by atoms with Gasteiger partial charge in [-0.15, -0.1) is 0 Å². The lowest BCUT2D eigenvalue weighted by atomic mass is 11.5. The quantitative estimate of drug-likeness (QED) is 0.576. The summed E-state index contributed by atoms with van der Waals surface area (Å²) in [4.78, 5) is 0. The van der Waals surface area contributed by atoms with Crippen LogP contribution in [0.1, 0.15) is 0 Å². The zero-order valence-electron chi connectivity index (χ0n) is 6.42. The fraction of sp³-hybridized carbons (Fsp3) is 1.00. The van der Waals surface area contributed by atoms with Crippen molar-refractivity contribution in [3.8, 4) is 0 Å². The molecule has 0 aromatic carbocycles. The van der Waals surface area contributed by atoms with Crippen molar-refractivity contribution >= 4 is 22.2 Å². The van der Waals surface area contributed by atoms with Gasteiger partial charge in [0.15, 0.2) is 6.79 Å². The van der Waals surface area contributed by atoms with Crippen LogP contribution in [0, 0.1) is 0 Å². The Bertz CT molecular complexity index is 232. The number of alkyl halides is 6. The van der Waals surface area contributed by atoms with E-state index in [-0.39, 0.29) is 0 Å². The van der Waals surface area contributed by atoms with Gasteiger partial charge in [0.25, 0.3) is 22.2 Å². The minimum atomic E-state index is -5.23. The van der Waals surface area contributed by atoms with E-state index in [1.807, 2.05) is 0 Å². The Morgan fingerprint density at radius 1 is 0.800 bits per heavy atom. The Kier molecular flexibility index (Phi) is 5.16. The van der Waals surface area contributed by atoms with Crippen molar-refractivity contribution < 1.29 is 43.1 Å². The molecule has 2 unspecified atom stereocenters. The molecule has 0 aromatic heterocycles. The van der Waals surface area contributed by atoms with Gasteiger partial charge in [-0.1, -0.05) is 0 Å². The maximum Gasteiger partial charge on any atom is 0.497 e. The van der Waals surface area contributed by atoms with Gasteiger partial charge in [-0.25, -0.2) is 8.42 Å². The Morgan fingerprint density at radius 2 is 1.07 bits per heavy atom. The molecule has 4 nitrogen and oxygen atoms in total. The van der Waals surface area contributed by atoms with Crippen molar-refractivity contribution in [1.82, 2.24) is 0 Å². The number of hydrogen-bond acceptors (Lipinski definition) is 4. The third kappa shape index (κ3) is 6.06. The van der Waals surface area contributed by atoms with E-state index in [4.69, 9.17) is 0 Å². The molecule has 12 heteroatoms. The minimum absolute atomic E-state index is 1.65. The molecule has 92 valence electrons. The summed E-state index contributed by atoms with van der Waals surface area (Å²) in [6, 6.07) is 0. The number of halogens is 6. The smallest absolute Gasteiger partial charge is 0.254 e. The summed E-state index contributed by atoms with van der Waals surface area (Å²) in [6.07, 6.45) is 0. The van der Waals surface area contributed by atoms with Gasteiger partial charge in [-0.3, -0.25) is 8.37 Å². The highest BCUT2D eigenvalue weighted by atomic mass is 32.2. The summed E-state index contributed by atoms with van der Waals surface area (Å²) >= 11 is -7.61. The first-order valence-electron chi connectivity index (χ1n) is 2.79. The van der Waals surface area contributed by atoms with Crippen molar-refractivity contribution in [1.29, 1.82) is 0 Å². The molecular weight excluding hydrogens is 278 g/mol. The third-order valence-electron chi connectivity index (χ3n) is 0.688. The second kappa shape index (κ2) is 5.23. The van der Waals surface area contributed by atoms with E-state index in [1.54, 1.807) is 0 Å². The summed E-state index contributed by atoms with van der Waals surface area (Å²) in [6.45, 7) is -1.65. The molecule has 0 aliphatic rings. The largest absolute Gasteiger partial charge is 0.497 e. The van der Waals surface area contributed by atoms with Gasteiger partial charge in [0.05, 0.1) is 0 Å². The van der Waals surface area contributed by atoms with Crippen molar-refractivity contribution in [2.24, 2.45) is 0 Å². The lowest BCUT2D eigenvalue weighted by Gasteiger charge is -2.07. The predicted molar refractivity (Wildman–Crippen MR) is 35.4 cm³/mol. The normalized spacial score (nSPS) is 17.5. The molecule has 0 N–H and O–H groups in total. The molecule has 0 saturated carbocycles. The SMILES string of the molecule is O=S(OCOS(=O)C(F)(F)F)C(F)(F)F. The third-order valence-corrected chi connectivity index (χ3v) is 2.06. The first-order chi connectivity index (χ1) is 6.55. The summed E-state index contributed by atoms with van der Waals surface area (Å²) < 4.78 is 95.2. The molecule has 0 fully saturated rings. The van der Waals surface area contributed by atoms with Gasteiger partial charge in [0.1, 0.15) is 0 Å². The van der Waals surface area contributed by atoms with Crippen molar-refractivity contribution in [3.63, 3.8) is 0 Å². The summed E-state index contributed by atoms with van der Waals surface area (Å²) in [5.74, 6) is 0. The van der Waals surface area contributed by atoms with E-state index >= 15 is 0 Å². The van der Waals surface area contributed by atoms with Crippen LogP contribution >= 0.6 is 0 Å². The van der Waals surface area contributed by atoms with E-state index in [9.17, 15) is 34.8 Å². The highest BCUT2D eigenvalue weighted by Crippen LogP contribution is 2.23. The second-order valence-electron chi connectivity index (χ2n) is 1.71. The average molecular weight is 280 g/mol. The van der Waals surface area contributed by atoms with Gasteiger partial charge in [-0.05, 0) is 0 Å². The van der Waals surface area contributed by atoms with Crippen LogP contribution < -0.4 is 0 Å². The highest BCUT2D eigenvalue weighted by molar-refractivity contribution is 7.81. The Labute approximate surface area is 83.9 Å². The van der Waals surface area contributed by atoms with Gasteiger partial charge in [-0.2, -0.15) is 26.3 Å². The van der Waals surface area contributed by atoms with Gasteiger partial charge >= 0.3 is 11.0 Å². The summed E-state index contributed by atoms with van der Waals surface area (Å²) in [5, 5.41) is 0. The van der Waals surface area contributed by atoms with E-state index in [1.165, 1.54) is 0 Å². The zero-order valence-corrected chi connectivity index (χ0v) is 8.06. The van der Waals surface area contributed by atoms with E-state index < -0.39 is 40.0 Å². The Morgan fingerprint density at radius 3 is 1.27 bits per heavy atom. The minimum Gasteiger partial charge on any atom is -0.254 e. The molecule has 0 amide bonds. The molecule has 0 spiro atoms. The number of hydrogen-bond donors (Lipinski definition) is 0. The molecule has 0 aliphatic heterocycles. The van der Waals surface area contributed by atoms with Crippen LogP contribution in [0.4, 0.5) is 26.3 Å². The summed E-state index contributed by atoms with van der Waals surface area (Å²) in [5.41, 5.74) is -10.5. The molecular formula is C3H2F6O4S2. The molecule has 0 aliphatic carbocycles. The Balaban J connectivity index is 3.92. The fourth-order valence-corrected chi connectivity index (χ4v) is 0.840. The van der Waals surface area contributed by atoms with E-state index in [0.29, 0.717) is 0 Å². The maximum atomic E-state index is 11.4. The number of rotatable bonds is 4. The van der Waals surface area contributed by atoms with Crippen LogP contribution in [0.3, 0.4) is 0 Å².